The first-order valence-electron chi connectivity index (χ1n) is 18.3. The van der Waals surface area contributed by atoms with E-state index >= 15 is 8.78 Å². The minimum absolute atomic E-state index is 0.00194. The van der Waals surface area contributed by atoms with Crippen LogP contribution in [0.1, 0.15) is 65.6 Å². The van der Waals surface area contributed by atoms with Gasteiger partial charge in [-0.15, -0.1) is 0 Å². The Labute approximate surface area is 314 Å². The molecule has 3 amide bonds. The summed E-state index contributed by atoms with van der Waals surface area (Å²) in [6, 6.07) is 9.16. The van der Waals surface area contributed by atoms with Gasteiger partial charge in [0.2, 0.25) is 17.8 Å². The van der Waals surface area contributed by atoms with Crippen molar-refractivity contribution in [3.63, 3.8) is 0 Å². The van der Waals surface area contributed by atoms with Crippen LogP contribution in [0.4, 0.5) is 24.9 Å². The third kappa shape index (κ3) is 7.02. The number of carbonyl (C=O) groups is 3. The van der Waals surface area contributed by atoms with Crippen molar-refractivity contribution in [3.05, 3.63) is 94.3 Å². The molecule has 284 valence electrons. The Balaban J connectivity index is 0.866. The van der Waals surface area contributed by atoms with E-state index in [2.05, 4.69) is 40.4 Å². The summed E-state index contributed by atoms with van der Waals surface area (Å²) in [7, 11) is 0. The van der Waals surface area contributed by atoms with E-state index in [1.807, 2.05) is 24.5 Å². The average molecular weight is 753 g/mol. The van der Waals surface area contributed by atoms with Crippen molar-refractivity contribution in [2.45, 2.75) is 65.3 Å². The van der Waals surface area contributed by atoms with Crippen molar-refractivity contribution in [1.82, 2.24) is 44.5 Å². The molecule has 16 heteroatoms. The van der Waals surface area contributed by atoms with E-state index in [1.165, 1.54) is 11.0 Å². The molecular formula is C39H39F3N10O3. The number of fused-ring (bicyclic) bond motifs is 2. The first-order chi connectivity index (χ1) is 26.4. The Morgan fingerprint density at radius 3 is 2.38 bits per heavy atom. The topological polar surface area (TPSA) is 141 Å². The zero-order valence-electron chi connectivity index (χ0n) is 30.6. The van der Waals surface area contributed by atoms with Crippen LogP contribution in [-0.4, -0.2) is 89.1 Å². The van der Waals surface area contributed by atoms with Gasteiger partial charge in [-0.05, 0) is 57.0 Å². The van der Waals surface area contributed by atoms with Crippen LogP contribution in [-0.2, 0) is 29.2 Å². The number of piperazine rings is 1. The molecule has 55 heavy (non-hydrogen) atoms. The molecule has 2 N–H and O–H groups in total. The van der Waals surface area contributed by atoms with Gasteiger partial charge in [0.05, 0.1) is 18.3 Å². The van der Waals surface area contributed by atoms with Crippen LogP contribution in [0, 0.1) is 24.4 Å². The highest BCUT2D eigenvalue weighted by Gasteiger charge is 2.40. The SMILES string of the molecule is Cc1nc2c(F)cc(-c3nc(Nc4ccc(CN5CCN(Cc6ccc7c(c6F)CN(C6CCC(=O)NC6=O)C7=O)CC5)cn4)ncc3F)cc2n1C(C)C. The Hall–Kier alpha value is -5.74. The van der Waals surface area contributed by atoms with Crippen LogP contribution < -0.4 is 10.6 Å². The molecule has 0 spiro atoms. The third-order valence-electron chi connectivity index (χ3n) is 10.5. The number of anilines is 2. The van der Waals surface area contributed by atoms with Gasteiger partial charge in [-0.3, -0.25) is 29.5 Å². The number of pyridine rings is 1. The summed E-state index contributed by atoms with van der Waals surface area (Å²) in [4.78, 5) is 60.1. The zero-order chi connectivity index (χ0) is 38.5. The largest absolute Gasteiger partial charge is 0.326 e. The second-order valence-corrected chi connectivity index (χ2v) is 14.5. The van der Waals surface area contributed by atoms with Crippen molar-refractivity contribution >= 4 is 40.5 Å². The fourth-order valence-electron chi connectivity index (χ4n) is 7.77. The highest BCUT2D eigenvalue weighted by atomic mass is 19.1. The number of hydrogen-bond acceptors (Lipinski definition) is 10. The van der Waals surface area contributed by atoms with Gasteiger partial charge >= 0.3 is 0 Å². The quantitative estimate of drug-likeness (QED) is 0.197. The molecule has 6 heterocycles. The van der Waals surface area contributed by atoms with Crippen LogP contribution in [0.25, 0.3) is 22.3 Å². The molecule has 1 unspecified atom stereocenters. The highest BCUT2D eigenvalue weighted by Crippen LogP contribution is 2.33. The number of halogens is 3. The molecule has 0 aliphatic carbocycles. The van der Waals surface area contributed by atoms with Crippen molar-refractivity contribution < 1.29 is 27.6 Å². The number of aryl methyl sites for hydroxylation is 1. The number of benzene rings is 2. The van der Waals surface area contributed by atoms with E-state index in [1.54, 1.807) is 37.4 Å². The molecule has 3 aromatic heterocycles. The Kier molecular flexibility index (Phi) is 9.55. The molecule has 0 saturated carbocycles. The molecule has 13 nitrogen and oxygen atoms in total. The molecule has 3 aliphatic heterocycles. The molecular weight excluding hydrogens is 713 g/mol. The number of hydrogen-bond donors (Lipinski definition) is 2. The van der Waals surface area contributed by atoms with Crippen molar-refractivity contribution in [3.8, 4) is 11.3 Å². The lowest BCUT2D eigenvalue weighted by Crippen LogP contribution is -2.52. The maximum atomic E-state index is 15.7. The number of imidazole rings is 1. The van der Waals surface area contributed by atoms with Gasteiger partial charge in [0.15, 0.2) is 11.6 Å². The van der Waals surface area contributed by atoms with Gasteiger partial charge in [-0.1, -0.05) is 12.1 Å². The summed E-state index contributed by atoms with van der Waals surface area (Å²) in [6.07, 6.45) is 3.15. The standard InChI is InChI=1S/C39H39F3N10O3/c1-21(2)52-22(3)45-36-28(40)14-25(15-31(36)52)35-29(41)17-44-39(48-35)46-32-8-4-23(16-43-32)18-49-10-12-50(13-11-49)19-24-5-6-26-27(34(24)42)20-51(38(26)55)30-7-9-33(53)47-37(30)54/h4-6,8,14-17,21,30H,7,9-13,18-20H2,1-3H3,(H,47,53,54)(H,43,44,46,48). The number of imide groups is 1. The lowest BCUT2D eigenvalue weighted by atomic mass is 10.0. The second-order valence-electron chi connectivity index (χ2n) is 14.5. The van der Waals surface area contributed by atoms with E-state index in [9.17, 15) is 18.8 Å². The predicted octanol–water partition coefficient (Wildman–Crippen LogP) is 5.02. The summed E-state index contributed by atoms with van der Waals surface area (Å²) in [5.41, 5.74) is 3.03. The minimum Gasteiger partial charge on any atom is -0.326 e. The number of rotatable bonds is 9. The van der Waals surface area contributed by atoms with Crippen molar-refractivity contribution in [1.29, 1.82) is 0 Å². The van der Waals surface area contributed by atoms with E-state index in [4.69, 9.17) is 0 Å². The maximum Gasteiger partial charge on any atom is 0.255 e. The zero-order valence-corrected chi connectivity index (χ0v) is 30.6. The number of carbonyl (C=O) groups excluding carboxylic acids is 3. The van der Waals surface area contributed by atoms with Gasteiger partial charge in [0.25, 0.3) is 5.91 Å². The normalized spacial score (nSPS) is 18.1. The third-order valence-corrected chi connectivity index (χ3v) is 10.5. The van der Waals surface area contributed by atoms with Crippen LogP contribution in [0.3, 0.4) is 0 Å². The predicted molar refractivity (Wildman–Crippen MR) is 196 cm³/mol. The Bertz CT molecular complexity index is 2340. The second kappa shape index (κ2) is 14.5. The van der Waals surface area contributed by atoms with Gasteiger partial charge < -0.3 is 14.8 Å². The Morgan fingerprint density at radius 1 is 0.909 bits per heavy atom. The van der Waals surface area contributed by atoms with Crippen LogP contribution in [0.5, 0.6) is 0 Å². The smallest absolute Gasteiger partial charge is 0.255 e. The fourth-order valence-corrected chi connectivity index (χ4v) is 7.77. The molecule has 2 aromatic carbocycles. The fraction of sp³-hybridized carbons (Fsp3) is 0.359. The Morgan fingerprint density at radius 2 is 1.67 bits per heavy atom. The minimum atomic E-state index is -0.792. The van der Waals surface area contributed by atoms with Gasteiger partial charge in [0, 0.05) is 80.2 Å². The highest BCUT2D eigenvalue weighted by molar-refractivity contribution is 6.05. The van der Waals surface area contributed by atoms with Crippen molar-refractivity contribution in [2.24, 2.45) is 0 Å². The van der Waals surface area contributed by atoms with Crippen LogP contribution in [0.15, 0.2) is 48.8 Å². The van der Waals surface area contributed by atoms with Crippen LogP contribution >= 0.6 is 0 Å². The summed E-state index contributed by atoms with van der Waals surface area (Å²) in [5, 5.41) is 5.29. The lowest BCUT2D eigenvalue weighted by Gasteiger charge is -2.34. The number of nitrogens with zero attached hydrogens (tertiary/aromatic N) is 8. The van der Waals surface area contributed by atoms with E-state index in [0.29, 0.717) is 54.5 Å². The average Bonchev–Trinajstić information content (AvgIpc) is 3.68. The van der Waals surface area contributed by atoms with Crippen molar-refractivity contribution in [2.75, 3.05) is 31.5 Å². The molecule has 2 fully saturated rings. The van der Waals surface area contributed by atoms with E-state index < -0.39 is 35.3 Å². The molecule has 5 aromatic rings. The maximum absolute atomic E-state index is 15.7. The molecule has 0 bridgehead atoms. The molecule has 8 rings (SSSR count). The number of piperidine rings is 1. The molecule has 1 atom stereocenters. The summed E-state index contributed by atoms with van der Waals surface area (Å²) in [5.74, 6) is -1.73. The lowest BCUT2D eigenvalue weighted by molar-refractivity contribution is -0.136. The summed E-state index contributed by atoms with van der Waals surface area (Å²) < 4.78 is 47.7. The molecule has 3 aliphatic rings. The molecule has 2 saturated heterocycles. The number of nitrogens with one attached hydrogen (secondary N) is 2. The summed E-state index contributed by atoms with van der Waals surface area (Å²) in [6.45, 7) is 9.73. The number of aromatic nitrogens is 5. The number of amides is 3. The van der Waals surface area contributed by atoms with Gasteiger partial charge in [-0.25, -0.2) is 33.1 Å². The molecule has 0 radical (unpaired) electrons. The first kappa shape index (κ1) is 36.2. The van der Waals surface area contributed by atoms with Gasteiger partial charge in [0.1, 0.15) is 34.7 Å². The van der Waals surface area contributed by atoms with E-state index in [-0.39, 0.29) is 59.6 Å². The first-order valence-corrected chi connectivity index (χ1v) is 18.3. The monoisotopic (exact) mass is 752 g/mol. The summed E-state index contributed by atoms with van der Waals surface area (Å²) >= 11 is 0. The van der Waals surface area contributed by atoms with Crippen LogP contribution in [0.2, 0.25) is 0 Å². The van der Waals surface area contributed by atoms with Gasteiger partial charge in [-0.2, -0.15) is 0 Å². The van der Waals surface area contributed by atoms with E-state index in [0.717, 1.165) is 24.8 Å².